The van der Waals surface area contributed by atoms with Gasteiger partial charge in [0, 0.05) is 22.9 Å². The summed E-state index contributed by atoms with van der Waals surface area (Å²) in [6, 6.07) is 11.8. The monoisotopic (exact) mass is 400 g/mol. The lowest BCUT2D eigenvalue weighted by molar-refractivity contribution is 0.0635. The molecule has 0 fully saturated rings. The molecule has 7 nitrogen and oxygen atoms in total. The van der Waals surface area contributed by atoms with Crippen molar-refractivity contribution in [3.63, 3.8) is 0 Å². The van der Waals surface area contributed by atoms with Crippen LogP contribution in [0, 0.1) is 0 Å². The van der Waals surface area contributed by atoms with Gasteiger partial charge in [-0.3, -0.25) is 10.1 Å². The number of benzene rings is 2. The molecule has 2 aromatic rings. The highest BCUT2D eigenvalue weighted by atomic mass is 16.6. The Bertz CT molecular complexity index is 856. The normalized spacial score (nSPS) is 11.9. The zero-order valence-electron chi connectivity index (χ0n) is 17.7. The van der Waals surface area contributed by atoms with E-state index >= 15 is 0 Å². The van der Waals surface area contributed by atoms with Gasteiger partial charge in [0.25, 0.3) is 5.91 Å². The molecule has 2 amide bonds. The lowest BCUT2D eigenvalue weighted by Gasteiger charge is -2.20. The first kappa shape index (κ1) is 22.1. The Balaban J connectivity index is 2.03. The third kappa shape index (κ3) is 6.41. The van der Waals surface area contributed by atoms with E-state index in [1.54, 1.807) is 65.3 Å². The highest BCUT2D eigenvalue weighted by molar-refractivity contribution is 5.95. The number of nitrogens with one attached hydrogen (secondary N) is 2. The summed E-state index contributed by atoms with van der Waals surface area (Å²) in [7, 11) is 3.16. The fourth-order valence-electron chi connectivity index (χ4n) is 2.66. The number of carbonyl (C=O) groups is 2. The summed E-state index contributed by atoms with van der Waals surface area (Å²) in [6.45, 7) is 7.25. The van der Waals surface area contributed by atoms with E-state index in [4.69, 9.17) is 14.2 Å². The molecule has 0 bridgehead atoms. The molecule has 2 N–H and O–H groups in total. The van der Waals surface area contributed by atoms with Crippen LogP contribution in [0.1, 0.15) is 49.7 Å². The number of carbonyl (C=O) groups excluding carboxylic acids is 2. The van der Waals surface area contributed by atoms with Crippen LogP contribution in [0.15, 0.2) is 42.5 Å². The van der Waals surface area contributed by atoms with Gasteiger partial charge in [0.1, 0.15) is 17.1 Å². The molecule has 0 radical (unpaired) electrons. The Morgan fingerprint density at radius 3 is 2.17 bits per heavy atom. The molecule has 0 saturated heterocycles. The third-order valence-electron chi connectivity index (χ3n) is 4.05. The lowest BCUT2D eigenvalue weighted by Crippen LogP contribution is -2.27. The Hall–Kier alpha value is -3.22. The van der Waals surface area contributed by atoms with Crippen LogP contribution in [0.3, 0.4) is 0 Å². The van der Waals surface area contributed by atoms with E-state index < -0.39 is 11.7 Å². The van der Waals surface area contributed by atoms with E-state index in [1.165, 1.54) is 0 Å². The number of rotatable bonds is 6. The minimum atomic E-state index is -0.581. The number of anilines is 1. The quantitative estimate of drug-likeness (QED) is 0.743. The van der Waals surface area contributed by atoms with Crippen LogP contribution in [0.5, 0.6) is 11.5 Å². The minimum absolute atomic E-state index is 0.237. The molecule has 0 aromatic heterocycles. The first-order valence-corrected chi connectivity index (χ1v) is 9.26. The summed E-state index contributed by atoms with van der Waals surface area (Å²) in [6.07, 6.45) is -0.546. The fourth-order valence-corrected chi connectivity index (χ4v) is 2.66. The van der Waals surface area contributed by atoms with Crippen molar-refractivity contribution in [2.45, 2.75) is 39.3 Å². The summed E-state index contributed by atoms with van der Waals surface area (Å²) >= 11 is 0. The Kier molecular flexibility index (Phi) is 7.09. The van der Waals surface area contributed by atoms with Gasteiger partial charge in [0.2, 0.25) is 0 Å². The SMILES string of the molecule is COc1ccc(C(C)NC(=O)c2ccc(NC(=O)OC(C)(C)C)cc2)c(OC)c1. The highest BCUT2D eigenvalue weighted by Crippen LogP contribution is 2.29. The van der Waals surface area contributed by atoms with Crippen molar-refractivity contribution in [3.05, 3.63) is 53.6 Å². The molecule has 0 aliphatic heterocycles. The van der Waals surface area contributed by atoms with Gasteiger partial charge in [-0.15, -0.1) is 0 Å². The largest absolute Gasteiger partial charge is 0.497 e. The number of amides is 2. The lowest BCUT2D eigenvalue weighted by atomic mass is 10.1. The summed E-state index contributed by atoms with van der Waals surface area (Å²) in [4.78, 5) is 24.4. The molecule has 0 aliphatic carbocycles. The first-order chi connectivity index (χ1) is 13.6. The molecular formula is C22H28N2O5. The van der Waals surface area contributed by atoms with Crippen LogP contribution in [0.2, 0.25) is 0 Å². The van der Waals surface area contributed by atoms with Crippen LogP contribution in [-0.2, 0) is 4.74 Å². The van der Waals surface area contributed by atoms with Crippen molar-refractivity contribution >= 4 is 17.7 Å². The Morgan fingerprint density at radius 1 is 0.966 bits per heavy atom. The highest BCUT2D eigenvalue weighted by Gasteiger charge is 2.18. The zero-order valence-corrected chi connectivity index (χ0v) is 17.7. The zero-order chi connectivity index (χ0) is 21.6. The number of methoxy groups -OCH3 is 2. The van der Waals surface area contributed by atoms with E-state index in [0.29, 0.717) is 22.7 Å². The second-order valence-corrected chi connectivity index (χ2v) is 7.51. The van der Waals surface area contributed by atoms with Crippen LogP contribution in [-0.4, -0.2) is 31.8 Å². The molecular weight excluding hydrogens is 372 g/mol. The maximum Gasteiger partial charge on any atom is 0.412 e. The van der Waals surface area contributed by atoms with Gasteiger partial charge in [0.05, 0.1) is 20.3 Å². The predicted octanol–water partition coefficient (Wildman–Crippen LogP) is 4.54. The molecule has 1 atom stereocenters. The van der Waals surface area contributed by atoms with Gasteiger partial charge in [-0.25, -0.2) is 4.79 Å². The van der Waals surface area contributed by atoms with Crippen molar-refractivity contribution < 1.29 is 23.8 Å². The number of hydrogen-bond acceptors (Lipinski definition) is 5. The summed E-state index contributed by atoms with van der Waals surface area (Å²) < 4.78 is 15.8. The molecule has 0 spiro atoms. The smallest absolute Gasteiger partial charge is 0.412 e. The average Bonchev–Trinajstić information content (AvgIpc) is 2.66. The van der Waals surface area contributed by atoms with Crippen LogP contribution < -0.4 is 20.1 Å². The molecule has 7 heteroatoms. The van der Waals surface area contributed by atoms with Gasteiger partial charge in [-0.2, -0.15) is 0 Å². The molecule has 0 heterocycles. The number of hydrogen-bond donors (Lipinski definition) is 2. The summed E-state index contributed by atoms with van der Waals surface area (Å²) in [5, 5.41) is 5.58. The van der Waals surface area contributed by atoms with Crippen molar-refractivity contribution in [1.29, 1.82) is 0 Å². The molecule has 2 rings (SSSR count). The van der Waals surface area contributed by atoms with Crippen molar-refractivity contribution in [3.8, 4) is 11.5 Å². The first-order valence-electron chi connectivity index (χ1n) is 9.26. The van der Waals surface area contributed by atoms with Gasteiger partial charge < -0.3 is 19.5 Å². The molecule has 0 saturated carbocycles. The van der Waals surface area contributed by atoms with E-state index in [0.717, 1.165) is 5.56 Å². The van der Waals surface area contributed by atoms with Gasteiger partial charge >= 0.3 is 6.09 Å². The molecule has 1 unspecified atom stereocenters. The standard InChI is InChI=1S/C22H28N2O5/c1-14(18-12-11-17(27-5)13-19(18)28-6)23-20(25)15-7-9-16(10-8-15)24-21(26)29-22(2,3)4/h7-14H,1-6H3,(H,23,25)(H,24,26). The van der Waals surface area contributed by atoms with Crippen LogP contribution in [0.25, 0.3) is 0 Å². The van der Waals surface area contributed by atoms with Crippen LogP contribution >= 0.6 is 0 Å². The Labute approximate surface area is 171 Å². The number of ether oxygens (including phenoxy) is 3. The molecule has 2 aromatic carbocycles. The van der Waals surface area contributed by atoms with E-state index in [-0.39, 0.29) is 11.9 Å². The van der Waals surface area contributed by atoms with Crippen molar-refractivity contribution in [1.82, 2.24) is 5.32 Å². The maximum atomic E-state index is 12.6. The van der Waals surface area contributed by atoms with Crippen molar-refractivity contribution in [2.75, 3.05) is 19.5 Å². The van der Waals surface area contributed by atoms with Gasteiger partial charge in [-0.05, 0) is 64.1 Å². The maximum absolute atomic E-state index is 12.6. The van der Waals surface area contributed by atoms with Crippen molar-refractivity contribution in [2.24, 2.45) is 0 Å². The topological polar surface area (TPSA) is 85.9 Å². The van der Waals surface area contributed by atoms with E-state index in [1.807, 2.05) is 19.1 Å². The fraction of sp³-hybridized carbons (Fsp3) is 0.364. The second-order valence-electron chi connectivity index (χ2n) is 7.51. The van der Waals surface area contributed by atoms with Gasteiger partial charge in [0.15, 0.2) is 0 Å². The van der Waals surface area contributed by atoms with Crippen LogP contribution in [0.4, 0.5) is 10.5 Å². The van der Waals surface area contributed by atoms with Gasteiger partial charge in [-0.1, -0.05) is 0 Å². The Morgan fingerprint density at radius 2 is 1.62 bits per heavy atom. The molecule has 156 valence electrons. The second kappa shape index (κ2) is 9.32. The predicted molar refractivity (Wildman–Crippen MR) is 112 cm³/mol. The van der Waals surface area contributed by atoms with E-state index in [9.17, 15) is 9.59 Å². The summed E-state index contributed by atoms with van der Waals surface area (Å²) in [5.74, 6) is 1.07. The molecule has 0 aliphatic rings. The minimum Gasteiger partial charge on any atom is -0.497 e. The summed E-state index contributed by atoms with van der Waals surface area (Å²) in [5.41, 5.74) is 1.27. The van der Waals surface area contributed by atoms with E-state index in [2.05, 4.69) is 10.6 Å². The third-order valence-corrected chi connectivity index (χ3v) is 4.05. The average molecular weight is 400 g/mol. The molecule has 29 heavy (non-hydrogen) atoms.